The van der Waals surface area contributed by atoms with Crippen molar-refractivity contribution in [1.82, 2.24) is 5.32 Å². The van der Waals surface area contributed by atoms with Crippen LogP contribution in [0.2, 0.25) is 0 Å². The van der Waals surface area contributed by atoms with E-state index in [1.54, 1.807) is 0 Å². The zero-order valence-electron chi connectivity index (χ0n) is 12.7. The molecular formula is C18H21F2N. The first-order chi connectivity index (χ1) is 9.97. The van der Waals surface area contributed by atoms with Crippen LogP contribution in [0.4, 0.5) is 8.78 Å². The molecule has 0 amide bonds. The van der Waals surface area contributed by atoms with E-state index in [0.717, 1.165) is 11.6 Å². The second-order valence-electron chi connectivity index (χ2n) is 5.66. The van der Waals surface area contributed by atoms with E-state index in [2.05, 4.69) is 43.4 Å². The monoisotopic (exact) mass is 289 g/mol. The Morgan fingerprint density at radius 1 is 0.952 bits per heavy atom. The Labute approximate surface area is 125 Å². The molecule has 1 atom stereocenters. The molecule has 0 saturated heterocycles. The molecule has 0 radical (unpaired) electrons. The maximum atomic E-state index is 13.7. The number of nitrogens with one attached hydrogen (secondary N) is 1. The third-order valence-electron chi connectivity index (χ3n) is 3.69. The molecule has 0 spiro atoms. The lowest BCUT2D eigenvalue weighted by Crippen LogP contribution is -2.19. The summed E-state index contributed by atoms with van der Waals surface area (Å²) in [5.74, 6) is -0.544. The van der Waals surface area contributed by atoms with Crippen molar-refractivity contribution in [3.05, 3.63) is 70.8 Å². The highest BCUT2D eigenvalue weighted by atomic mass is 19.1. The van der Waals surface area contributed by atoms with E-state index in [0.29, 0.717) is 18.0 Å². The lowest BCUT2D eigenvalue weighted by molar-refractivity contribution is 0.517. The van der Waals surface area contributed by atoms with E-state index < -0.39 is 11.6 Å². The molecule has 0 aliphatic heterocycles. The fourth-order valence-corrected chi connectivity index (χ4v) is 2.25. The summed E-state index contributed by atoms with van der Waals surface area (Å²) in [6, 6.07) is 11.9. The van der Waals surface area contributed by atoms with E-state index in [1.165, 1.54) is 17.7 Å². The van der Waals surface area contributed by atoms with E-state index in [1.807, 2.05) is 6.92 Å². The van der Waals surface area contributed by atoms with Gasteiger partial charge < -0.3 is 5.32 Å². The summed E-state index contributed by atoms with van der Waals surface area (Å²) >= 11 is 0. The van der Waals surface area contributed by atoms with Crippen molar-refractivity contribution in [3.8, 4) is 0 Å². The van der Waals surface area contributed by atoms with Crippen molar-refractivity contribution < 1.29 is 8.78 Å². The van der Waals surface area contributed by atoms with Crippen molar-refractivity contribution in [2.45, 2.75) is 39.3 Å². The van der Waals surface area contributed by atoms with Gasteiger partial charge in [0.05, 0.1) is 0 Å². The predicted octanol–water partition coefficient (Wildman–Crippen LogP) is 4.94. The smallest absolute Gasteiger partial charge is 0.130 e. The normalized spacial score (nSPS) is 12.7. The maximum Gasteiger partial charge on any atom is 0.130 e. The van der Waals surface area contributed by atoms with Crippen LogP contribution < -0.4 is 5.32 Å². The lowest BCUT2D eigenvalue weighted by Gasteiger charge is -2.15. The fraction of sp³-hybridized carbons (Fsp3) is 0.333. The molecule has 2 rings (SSSR count). The highest BCUT2D eigenvalue weighted by Crippen LogP contribution is 2.19. The SMILES string of the molecule is CC(C)c1ccc(CNC(C)c2ccc(F)cc2F)cc1. The van der Waals surface area contributed by atoms with Crippen LogP contribution in [0.15, 0.2) is 42.5 Å². The molecule has 1 nitrogen and oxygen atoms in total. The minimum atomic E-state index is -0.548. The summed E-state index contributed by atoms with van der Waals surface area (Å²) in [5, 5.41) is 3.26. The van der Waals surface area contributed by atoms with Crippen molar-refractivity contribution >= 4 is 0 Å². The van der Waals surface area contributed by atoms with Crippen molar-refractivity contribution in [1.29, 1.82) is 0 Å². The number of rotatable bonds is 5. The minimum Gasteiger partial charge on any atom is -0.306 e. The molecule has 0 saturated carbocycles. The summed E-state index contributed by atoms with van der Waals surface area (Å²) in [6.45, 7) is 6.84. The highest BCUT2D eigenvalue weighted by molar-refractivity contribution is 5.25. The number of hydrogen-bond acceptors (Lipinski definition) is 1. The average molecular weight is 289 g/mol. The molecule has 0 fully saturated rings. The largest absolute Gasteiger partial charge is 0.306 e. The molecular weight excluding hydrogens is 268 g/mol. The van der Waals surface area contributed by atoms with Gasteiger partial charge in [0.15, 0.2) is 0 Å². The van der Waals surface area contributed by atoms with Gasteiger partial charge in [0, 0.05) is 24.2 Å². The van der Waals surface area contributed by atoms with Gasteiger partial charge in [-0.3, -0.25) is 0 Å². The Morgan fingerprint density at radius 2 is 1.62 bits per heavy atom. The van der Waals surface area contributed by atoms with Gasteiger partial charge in [0.2, 0.25) is 0 Å². The van der Waals surface area contributed by atoms with Gasteiger partial charge in [0.25, 0.3) is 0 Å². The van der Waals surface area contributed by atoms with E-state index in [-0.39, 0.29) is 6.04 Å². The molecule has 112 valence electrons. The minimum absolute atomic E-state index is 0.171. The number of benzene rings is 2. The van der Waals surface area contributed by atoms with Crippen LogP contribution in [0.5, 0.6) is 0 Å². The second kappa shape index (κ2) is 6.81. The summed E-state index contributed by atoms with van der Waals surface area (Å²) < 4.78 is 26.6. The first-order valence-electron chi connectivity index (χ1n) is 7.24. The Bertz CT molecular complexity index is 591. The van der Waals surface area contributed by atoms with Gasteiger partial charge in [-0.25, -0.2) is 8.78 Å². The third-order valence-corrected chi connectivity index (χ3v) is 3.69. The summed E-state index contributed by atoms with van der Waals surface area (Å²) in [7, 11) is 0. The van der Waals surface area contributed by atoms with Crippen LogP contribution in [0.25, 0.3) is 0 Å². The Hall–Kier alpha value is -1.74. The van der Waals surface area contributed by atoms with Crippen molar-refractivity contribution in [2.24, 2.45) is 0 Å². The van der Waals surface area contributed by atoms with E-state index >= 15 is 0 Å². The fourth-order valence-electron chi connectivity index (χ4n) is 2.25. The Balaban J connectivity index is 1.98. The maximum absolute atomic E-state index is 13.7. The molecule has 2 aromatic carbocycles. The van der Waals surface area contributed by atoms with Gasteiger partial charge in [-0.1, -0.05) is 44.2 Å². The zero-order chi connectivity index (χ0) is 15.4. The molecule has 3 heteroatoms. The number of hydrogen-bond donors (Lipinski definition) is 1. The predicted molar refractivity (Wildman–Crippen MR) is 82.1 cm³/mol. The standard InChI is InChI=1S/C18H21F2N/c1-12(2)15-6-4-14(5-7-15)11-21-13(3)17-9-8-16(19)10-18(17)20/h4-10,12-13,21H,11H2,1-3H3. The zero-order valence-corrected chi connectivity index (χ0v) is 12.7. The quantitative estimate of drug-likeness (QED) is 0.822. The molecule has 0 heterocycles. The lowest BCUT2D eigenvalue weighted by atomic mass is 10.0. The van der Waals surface area contributed by atoms with Gasteiger partial charge in [-0.05, 0) is 30.0 Å². The van der Waals surface area contributed by atoms with Crippen LogP contribution in [0.1, 0.15) is 49.4 Å². The molecule has 0 aliphatic rings. The molecule has 2 aromatic rings. The number of halogens is 2. The molecule has 1 N–H and O–H groups in total. The van der Waals surface area contributed by atoms with Gasteiger partial charge in [-0.15, -0.1) is 0 Å². The van der Waals surface area contributed by atoms with E-state index in [9.17, 15) is 8.78 Å². The van der Waals surface area contributed by atoms with E-state index in [4.69, 9.17) is 0 Å². The highest BCUT2D eigenvalue weighted by Gasteiger charge is 2.11. The van der Waals surface area contributed by atoms with Crippen molar-refractivity contribution in [3.63, 3.8) is 0 Å². The first kappa shape index (κ1) is 15.6. The first-order valence-corrected chi connectivity index (χ1v) is 7.24. The van der Waals surface area contributed by atoms with Gasteiger partial charge in [-0.2, -0.15) is 0 Å². The van der Waals surface area contributed by atoms with Crippen LogP contribution in [0, 0.1) is 11.6 Å². The Morgan fingerprint density at radius 3 is 2.19 bits per heavy atom. The molecule has 0 aromatic heterocycles. The summed E-state index contributed by atoms with van der Waals surface area (Å²) in [6.07, 6.45) is 0. The van der Waals surface area contributed by atoms with Crippen LogP contribution >= 0.6 is 0 Å². The molecule has 0 bridgehead atoms. The molecule has 21 heavy (non-hydrogen) atoms. The van der Waals surface area contributed by atoms with Crippen LogP contribution in [-0.2, 0) is 6.54 Å². The van der Waals surface area contributed by atoms with Crippen LogP contribution in [0.3, 0.4) is 0 Å². The third kappa shape index (κ3) is 4.11. The summed E-state index contributed by atoms with van der Waals surface area (Å²) in [4.78, 5) is 0. The molecule has 1 unspecified atom stereocenters. The Kier molecular flexibility index (Phi) is 5.07. The summed E-state index contributed by atoms with van der Waals surface area (Å²) in [5.41, 5.74) is 2.93. The molecule has 0 aliphatic carbocycles. The van der Waals surface area contributed by atoms with Crippen molar-refractivity contribution in [2.75, 3.05) is 0 Å². The van der Waals surface area contributed by atoms with Crippen LogP contribution in [-0.4, -0.2) is 0 Å². The topological polar surface area (TPSA) is 12.0 Å². The van der Waals surface area contributed by atoms with Gasteiger partial charge in [0.1, 0.15) is 11.6 Å². The average Bonchev–Trinajstić information content (AvgIpc) is 2.45. The second-order valence-corrected chi connectivity index (χ2v) is 5.66. The van der Waals surface area contributed by atoms with Gasteiger partial charge >= 0.3 is 0 Å².